The summed E-state index contributed by atoms with van der Waals surface area (Å²) < 4.78 is 5.21. The number of piperazine rings is 1. The molecule has 2 aliphatic rings. The van der Waals surface area contributed by atoms with Crippen LogP contribution in [0.5, 0.6) is 5.75 Å². The Labute approximate surface area is 156 Å². The summed E-state index contributed by atoms with van der Waals surface area (Å²) in [6.45, 7) is 4.34. The maximum absolute atomic E-state index is 12.4. The number of hydrogen-bond donors (Lipinski definition) is 2. The topological polar surface area (TPSA) is 53.6 Å². The molecule has 1 heterocycles. The van der Waals surface area contributed by atoms with Crippen LogP contribution in [0.3, 0.4) is 0 Å². The fraction of sp³-hybridized carbons (Fsp3) is 0.588. The number of carbonyl (C=O) groups is 1. The first-order valence-electron chi connectivity index (χ1n) is 8.12. The lowest BCUT2D eigenvalue weighted by molar-refractivity contribution is -0.123. The van der Waals surface area contributed by atoms with E-state index in [1.54, 1.807) is 7.11 Å². The monoisotopic (exact) mass is 375 g/mol. The van der Waals surface area contributed by atoms with Crippen molar-refractivity contribution in [3.63, 3.8) is 0 Å². The minimum atomic E-state index is 0. The molecule has 0 spiro atoms. The molecule has 1 saturated carbocycles. The van der Waals surface area contributed by atoms with Gasteiger partial charge in [0, 0.05) is 26.2 Å². The van der Waals surface area contributed by atoms with E-state index in [2.05, 4.69) is 27.7 Å². The third-order valence-electron chi connectivity index (χ3n) is 4.46. The van der Waals surface area contributed by atoms with Crippen molar-refractivity contribution in [2.45, 2.75) is 18.9 Å². The van der Waals surface area contributed by atoms with Gasteiger partial charge >= 0.3 is 0 Å². The largest absolute Gasteiger partial charge is 0.497 e. The lowest BCUT2D eigenvalue weighted by atomic mass is 10.0. The minimum absolute atomic E-state index is 0. The Bertz CT molecular complexity index is 503. The quantitative estimate of drug-likeness (QED) is 0.798. The van der Waals surface area contributed by atoms with Crippen LogP contribution in [0.1, 0.15) is 24.4 Å². The molecular weight excluding hydrogens is 349 g/mol. The molecule has 1 aliphatic carbocycles. The molecule has 1 saturated heterocycles. The molecule has 1 aliphatic heterocycles. The van der Waals surface area contributed by atoms with E-state index in [1.807, 2.05) is 12.1 Å². The number of methoxy groups -OCH3 is 1. The first kappa shape index (κ1) is 21.0. The number of amides is 1. The predicted molar refractivity (Wildman–Crippen MR) is 100 cm³/mol. The van der Waals surface area contributed by atoms with Crippen molar-refractivity contribution in [2.24, 2.45) is 5.92 Å². The van der Waals surface area contributed by atoms with Gasteiger partial charge < -0.3 is 15.4 Å². The maximum atomic E-state index is 12.4. The molecule has 1 atom stereocenters. The fourth-order valence-electron chi connectivity index (χ4n) is 3.01. The molecule has 2 N–H and O–H groups in total. The van der Waals surface area contributed by atoms with Crippen molar-refractivity contribution in [2.75, 3.05) is 39.8 Å². The molecule has 0 bridgehead atoms. The highest BCUT2D eigenvalue weighted by molar-refractivity contribution is 5.85. The Hall–Kier alpha value is -1.01. The molecule has 1 amide bonds. The van der Waals surface area contributed by atoms with E-state index >= 15 is 0 Å². The third-order valence-corrected chi connectivity index (χ3v) is 4.46. The van der Waals surface area contributed by atoms with Gasteiger partial charge in [-0.2, -0.15) is 0 Å². The molecule has 3 rings (SSSR count). The number of carbonyl (C=O) groups excluding carboxylic acids is 1. The average molecular weight is 376 g/mol. The zero-order valence-corrected chi connectivity index (χ0v) is 15.6. The SMILES string of the molecule is COc1ccc(C(NC(=O)CN2CCNCC2)C2CC2)cc1.Cl.Cl. The number of benzene rings is 1. The number of hydrogen-bond acceptors (Lipinski definition) is 4. The van der Waals surface area contributed by atoms with Gasteiger partial charge in [-0.1, -0.05) is 12.1 Å². The van der Waals surface area contributed by atoms with Crippen LogP contribution < -0.4 is 15.4 Å². The number of rotatable bonds is 6. The summed E-state index contributed by atoms with van der Waals surface area (Å²) in [6, 6.07) is 8.20. The smallest absolute Gasteiger partial charge is 0.234 e. The standard InChI is InChI=1S/C17H25N3O2.2ClH/c1-22-15-6-4-14(5-7-15)17(13-2-3-13)19-16(21)12-20-10-8-18-9-11-20;;/h4-7,13,17-18H,2-3,8-12H2,1H3,(H,19,21);2*1H. The van der Waals surface area contributed by atoms with Gasteiger partial charge in [0.25, 0.3) is 0 Å². The first-order chi connectivity index (χ1) is 10.8. The fourth-order valence-corrected chi connectivity index (χ4v) is 3.01. The minimum Gasteiger partial charge on any atom is -0.497 e. The summed E-state index contributed by atoms with van der Waals surface area (Å²) in [5.41, 5.74) is 1.18. The normalized spacial score (nSPS) is 18.7. The molecule has 136 valence electrons. The maximum Gasteiger partial charge on any atom is 0.234 e. The highest BCUT2D eigenvalue weighted by Crippen LogP contribution is 2.41. The van der Waals surface area contributed by atoms with E-state index in [0.717, 1.165) is 31.9 Å². The molecule has 1 aromatic carbocycles. The highest BCUT2D eigenvalue weighted by Gasteiger charge is 2.33. The van der Waals surface area contributed by atoms with E-state index in [-0.39, 0.29) is 36.8 Å². The molecule has 1 unspecified atom stereocenters. The summed E-state index contributed by atoms with van der Waals surface area (Å²) >= 11 is 0. The van der Waals surface area contributed by atoms with Crippen LogP contribution in [-0.2, 0) is 4.79 Å². The van der Waals surface area contributed by atoms with Crippen molar-refractivity contribution in [3.05, 3.63) is 29.8 Å². The molecule has 24 heavy (non-hydrogen) atoms. The number of nitrogens with one attached hydrogen (secondary N) is 2. The Balaban J connectivity index is 0.00000144. The summed E-state index contributed by atoms with van der Waals surface area (Å²) in [5, 5.41) is 6.55. The highest BCUT2D eigenvalue weighted by atomic mass is 35.5. The van der Waals surface area contributed by atoms with Crippen LogP contribution in [0.4, 0.5) is 0 Å². The van der Waals surface area contributed by atoms with Crippen molar-refractivity contribution < 1.29 is 9.53 Å². The number of halogens is 2. The van der Waals surface area contributed by atoms with E-state index in [0.29, 0.717) is 12.5 Å². The van der Waals surface area contributed by atoms with Crippen LogP contribution in [-0.4, -0.2) is 50.6 Å². The Kier molecular flexibility index (Phi) is 8.84. The first-order valence-corrected chi connectivity index (χ1v) is 8.12. The van der Waals surface area contributed by atoms with Gasteiger partial charge in [-0.05, 0) is 36.5 Å². The molecule has 2 fully saturated rings. The summed E-state index contributed by atoms with van der Waals surface area (Å²) in [4.78, 5) is 14.6. The van der Waals surface area contributed by atoms with Gasteiger partial charge in [0.1, 0.15) is 5.75 Å². The second kappa shape index (κ2) is 10.1. The van der Waals surface area contributed by atoms with E-state index in [1.165, 1.54) is 18.4 Å². The zero-order valence-electron chi connectivity index (χ0n) is 14.0. The summed E-state index contributed by atoms with van der Waals surface area (Å²) in [6.07, 6.45) is 2.40. The second-order valence-electron chi connectivity index (χ2n) is 6.18. The van der Waals surface area contributed by atoms with Crippen LogP contribution >= 0.6 is 24.8 Å². The van der Waals surface area contributed by atoms with E-state index in [9.17, 15) is 4.79 Å². The van der Waals surface area contributed by atoms with Gasteiger partial charge in [0.05, 0.1) is 19.7 Å². The Morgan fingerprint density at radius 2 is 1.88 bits per heavy atom. The van der Waals surface area contributed by atoms with Crippen LogP contribution in [0, 0.1) is 5.92 Å². The van der Waals surface area contributed by atoms with Crippen molar-refractivity contribution in [3.8, 4) is 5.75 Å². The van der Waals surface area contributed by atoms with Crippen molar-refractivity contribution in [1.82, 2.24) is 15.5 Å². The molecule has 0 radical (unpaired) electrons. The van der Waals surface area contributed by atoms with Gasteiger partial charge in [-0.25, -0.2) is 0 Å². The lowest BCUT2D eigenvalue weighted by Gasteiger charge is -2.27. The van der Waals surface area contributed by atoms with Gasteiger partial charge in [-0.15, -0.1) is 24.8 Å². The van der Waals surface area contributed by atoms with Gasteiger partial charge in [0.2, 0.25) is 5.91 Å². The lowest BCUT2D eigenvalue weighted by Crippen LogP contribution is -2.48. The molecule has 0 aromatic heterocycles. The molecule has 5 nitrogen and oxygen atoms in total. The Morgan fingerprint density at radius 3 is 2.42 bits per heavy atom. The van der Waals surface area contributed by atoms with E-state index in [4.69, 9.17) is 4.74 Å². The van der Waals surface area contributed by atoms with Crippen LogP contribution in [0.2, 0.25) is 0 Å². The van der Waals surface area contributed by atoms with Gasteiger partial charge in [-0.3, -0.25) is 9.69 Å². The number of ether oxygens (including phenoxy) is 1. The zero-order chi connectivity index (χ0) is 15.4. The summed E-state index contributed by atoms with van der Waals surface area (Å²) in [7, 11) is 1.67. The van der Waals surface area contributed by atoms with Crippen LogP contribution in [0.25, 0.3) is 0 Å². The molecule has 7 heteroatoms. The van der Waals surface area contributed by atoms with Gasteiger partial charge in [0.15, 0.2) is 0 Å². The third kappa shape index (κ3) is 5.81. The average Bonchev–Trinajstić information content (AvgIpc) is 3.38. The predicted octanol–water partition coefficient (Wildman–Crippen LogP) is 2.01. The van der Waals surface area contributed by atoms with Crippen molar-refractivity contribution >= 4 is 30.7 Å². The van der Waals surface area contributed by atoms with Crippen molar-refractivity contribution in [1.29, 1.82) is 0 Å². The number of nitrogens with zero attached hydrogens (tertiary/aromatic N) is 1. The Morgan fingerprint density at radius 1 is 1.25 bits per heavy atom. The summed E-state index contributed by atoms with van der Waals surface area (Å²) in [5.74, 6) is 1.57. The molecule has 1 aromatic rings. The van der Waals surface area contributed by atoms with Crippen LogP contribution in [0.15, 0.2) is 24.3 Å². The molecular formula is C17H27Cl2N3O2. The second-order valence-corrected chi connectivity index (χ2v) is 6.18. The van der Waals surface area contributed by atoms with E-state index < -0.39 is 0 Å².